The van der Waals surface area contributed by atoms with E-state index in [1.807, 2.05) is 0 Å². The van der Waals surface area contributed by atoms with Gasteiger partial charge in [0.05, 0.1) is 6.04 Å². The predicted octanol–water partition coefficient (Wildman–Crippen LogP) is 4.10. The van der Waals surface area contributed by atoms with Crippen LogP contribution in [0.3, 0.4) is 0 Å². The number of fused-ring (bicyclic) bond motifs is 1. The van der Waals surface area contributed by atoms with Gasteiger partial charge in [-0.2, -0.15) is 4.98 Å². The quantitative estimate of drug-likeness (QED) is 0.589. The highest BCUT2D eigenvalue weighted by Crippen LogP contribution is 2.27. The van der Waals surface area contributed by atoms with Crippen LogP contribution in [0.15, 0.2) is 59.7 Å². The molecule has 1 aromatic carbocycles. The van der Waals surface area contributed by atoms with Crippen molar-refractivity contribution < 1.29 is 0 Å². The second-order valence-electron chi connectivity index (χ2n) is 8.71. The summed E-state index contributed by atoms with van der Waals surface area (Å²) in [4.78, 5) is 25.9. The molecule has 0 aliphatic carbocycles. The van der Waals surface area contributed by atoms with Gasteiger partial charge < -0.3 is 10.2 Å². The van der Waals surface area contributed by atoms with Gasteiger partial charge >= 0.3 is 0 Å². The predicted molar refractivity (Wildman–Crippen MR) is 134 cm³/mol. The van der Waals surface area contributed by atoms with Gasteiger partial charge in [-0.05, 0) is 43.7 Å². The summed E-state index contributed by atoms with van der Waals surface area (Å²) in [6.45, 7) is 10.8. The third-order valence-electron chi connectivity index (χ3n) is 6.55. The van der Waals surface area contributed by atoms with Crippen molar-refractivity contribution in [1.82, 2.24) is 24.3 Å². The third-order valence-corrected chi connectivity index (χ3v) is 6.55. The lowest BCUT2D eigenvalue weighted by atomic mass is 9.98. The molecule has 174 valence electrons. The van der Waals surface area contributed by atoms with Gasteiger partial charge in [0.1, 0.15) is 5.65 Å². The average Bonchev–Trinajstić information content (AvgIpc) is 2.84. The molecule has 2 atom stereocenters. The van der Waals surface area contributed by atoms with E-state index in [1.165, 1.54) is 17.2 Å². The van der Waals surface area contributed by atoms with Gasteiger partial charge in [-0.25, -0.2) is 4.98 Å². The summed E-state index contributed by atoms with van der Waals surface area (Å²) in [5.74, 6) is 0.519. The fraction of sp³-hybridized carbons (Fsp3) is 0.423. The number of allylic oxidation sites excluding steroid dienone is 1. The van der Waals surface area contributed by atoms with Gasteiger partial charge in [0.2, 0.25) is 5.95 Å². The highest BCUT2D eigenvalue weighted by Gasteiger charge is 2.23. The van der Waals surface area contributed by atoms with E-state index in [1.54, 1.807) is 23.9 Å². The molecule has 0 spiro atoms. The van der Waals surface area contributed by atoms with Crippen LogP contribution >= 0.6 is 0 Å². The van der Waals surface area contributed by atoms with Gasteiger partial charge in [0.15, 0.2) is 0 Å². The lowest BCUT2D eigenvalue weighted by molar-refractivity contribution is 0.119. The Morgan fingerprint density at radius 3 is 2.42 bits per heavy atom. The van der Waals surface area contributed by atoms with Crippen molar-refractivity contribution in [3.63, 3.8) is 0 Å². The molecule has 7 nitrogen and oxygen atoms in total. The van der Waals surface area contributed by atoms with Crippen molar-refractivity contribution in [1.29, 1.82) is 0 Å². The van der Waals surface area contributed by atoms with E-state index in [-0.39, 0.29) is 11.6 Å². The molecule has 0 bridgehead atoms. The highest BCUT2D eigenvalue weighted by atomic mass is 16.1. The second kappa shape index (κ2) is 10.2. The van der Waals surface area contributed by atoms with Crippen LogP contribution in [-0.2, 0) is 7.05 Å². The minimum atomic E-state index is -0.0792. The lowest BCUT2D eigenvalue weighted by Crippen LogP contribution is -2.45. The van der Waals surface area contributed by atoms with Crippen LogP contribution in [0.1, 0.15) is 50.4 Å². The number of aryl methyl sites for hydroxylation is 1. The van der Waals surface area contributed by atoms with Crippen LogP contribution in [0.4, 0.5) is 5.95 Å². The van der Waals surface area contributed by atoms with E-state index in [0.29, 0.717) is 17.6 Å². The largest absolute Gasteiger partial charge is 0.375 e. The Kier molecular flexibility index (Phi) is 7.08. The molecule has 1 N–H and O–H groups in total. The fourth-order valence-corrected chi connectivity index (χ4v) is 4.61. The van der Waals surface area contributed by atoms with Crippen molar-refractivity contribution in [2.45, 2.75) is 39.3 Å². The number of benzene rings is 1. The number of aromatic nitrogens is 3. The van der Waals surface area contributed by atoms with E-state index in [0.717, 1.165) is 38.0 Å². The van der Waals surface area contributed by atoms with Crippen molar-refractivity contribution in [3.05, 3.63) is 76.4 Å². The number of anilines is 1. The monoisotopic (exact) mass is 446 g/mol. The van der Waals surface area contributed by atoms with E-state index in [4.69, 9.17) is 0 Å². The van der Waals surface area contributed by atoms with Crippen LogP contribution in [0.2, 0.25) is 0 Å². The summed E-state index contributed by atoms with van der Waals surface area (Å²) in [5.41, 5.74) is 3.09. The lowest BCUT2D eigenvalue weighted by Gasteiger charge is -2.39. The minimum Gasteiger partial charge on any atom is -0.375 e. The number of piperazine rings is 1. The van der Waals surface area contributed by atoms with E-state index in [2.05, 4.69) is 82.4 Å². The standard InChI is InChI=1S/C26H34N6O/c1-5-13-31-14-16-32(17-15-31)23(6-2)21-9-7-20(8-10-21)19(3)28-26-27-18-22-11-12-24(33)30(4)25(22)29-26/h5,7-13,18-19,23H,6,14-17H2,1-4H3,(H,27,28,29)/t19-,23?/m0/s1. The zero-order chi connectivity index (χ0) is 23.4. The second-order valence-corrected chi connectivity index (χ2v) is 8.71. The fourth-order valence-electron chi connectivity index (χ4n) is 4.61. The number of rotatable bonds is 7. The molecular formula is C26H34N6O. The summed E-state index contributed by atoms with van der Waals surface area (Å²) >= 11 is 0. The van der Waals surface area contributed by atoms with Crippen LogP contribution in [-0.4, -0.2) is 50.5 Å². The van der Waals surface area contributed by atoms with Crippen LogP contribution in [0.25, 0.3) is 11.0 Å². The molecule has 0 saturated carbocycles. The molecule has 1 fully saturated rings. The van der Waals surface area contributed by atoms with Crippen molar-refractivity contribution >= 4 is 17.0 Å². The van der Waals surface area contributed by atoms with Crippen LogP contribution in [0.5, 0.6) is 0 Å². The maximum absolute atomic E-state index is 11.9. The number of nitrogens with zero attached hydrogens (tertiary/aromatic N) is 5. The molecule has 2 aromatic heterocycles. The molecule has 1 aliphatic heterocycles. The van der Waals surface area contributed by atoms with Crippen LogP contribution in [0, 0.1) is 0 Å². The summed E-state index contributed by atoms with van der Waals surface area (Å²) in [6, 6.07) is 12.7. The maximum atomic E-state index is 11.9. The zero-order valence-corrected chi connectivity index (χ0v) is 20.0. The molecule has 1 saturated heterocycles. The molecule has 1 aliphatic rings. The van der Waals surface area contributed by atoms with Gasteiger partial charge in [0.25, 0.3) is 5.56 Å². The Labute approximate surface area is 195 Å². The molecule has 3 heterocycles. The first-order valence-corrected chi connectivity index (χ1v) is 11.8. The van der Waals surface area contributed by atoms with Crippen LogP contribution < -0.4 is 10.9 Å². The molecule has 0 radical (unpaired) electrons. The maximum Gasteiger partial charge on any atom is 0.251 e. The third kappa shape index (κ3) is 5.09. The molecule has 1 unspecified atom stereocenters. The molecule has 33 heavy (non-hydrogen) atoms. The Morgan fingerprint density at radius 2 is 1.76 bits per heavy atom. The minimum absolute atomic E-state index is 0.0432. The average molecular weight is 447 g/mol. The van der Waals surface area contributed by atoms with Crippen molar-refractivity contribution in [2.75, 3.05) is 31.5 Å². The molecule has 7 heteroatoms. The molecule has 3 aromatic rings. The van der Waals surface area contributed by atoms with E-state index >= 15 is 0 Å². The van der Waals surface area contributed by atoms with Gasteiger partial charge in [-0.15, -0.1) is 0 Å². The summed E-state index contributed by atoms with van der Waals surface area (Å²) < 4.78 is 1.55. The summed E-state index contributed by atoms with van der Waals surface area (Å²) in [7, 11) is 1.73. The summed E-state index contributed by atoms with van der Waals surface area (Å²) in [5, 5.41) is 4.22. The van der Waals surface area contributed by atoms with Gasteiger partial charge in [-0.3, -0.25) is 14.3 Å². The first kappa shape index (κ1) is 23.0. The van der Waals surface area contributed by atoms with Gasteiger partial charge in [0, 0.05) is 56.9 Å². The normalized spacial score (nSPS) is 16.9. The number of nitrogens with one attached hydrogen (secondary N) is 1. The molecule has 0 amide bonds. The number of pyridine rings is 1. The van der Waals surface area contributed by atoms with Crippen molar-refractivity contribution in [3.8, 4) is 0 Å². The number of hydrogen-bond donors (Lipinski definition) is 1. The zero-order valence-electron chi connectivity index (χ0n) is 20.0. The first-order valence-electron chi connectivity index (χ1n) is 11.8. The van der Waals surface area contributed by atoms with E-state index < -0.39 is 0 Å². The van der Waals surface area contributed by atoms with Crippen molar-refractivity contribution in [2.24, 2.45) is 7.05 Å². The van der Waals surface area contributed by atoms with E-state index in [9.17, 15) is 4.79 Å². The smallest absolute Gasteiger partial charge is 0.251 e. The molecule has 4 rings (SSSR count). The molecular weight excluding hydrogens is 412 g/mol. The Morgan fingerprint density at radius 1 is 1.06 bits per heavy atom. The first-order chi connectivity index (χ1) is 16.0. The van der Waals surface area contributed by atoms with Gasteiger partial charge in [-0.1, -0.05) is 37.3 Å². The Balaban J connectivity index is 1.44. The Hall–Kier alpha value is -3.19. The SMILES string of the molecule is CC=CN1CCN(C(CC)c2ccc([C@H](C)Nc3ncc4ccc(=O)n(C)c4n3)cc2)CC1. The topological polar surface area (TPSA) is 66.3 Å². The Bertz CT molecular complexity index is 1160. The number of hydrogen-bond acceptors (Lipinski definition) is 6. The highest BCUT2D eigenvalue weighted by molar-refractivity contribution is 5.74. The summed E-state index contributed by atoms with van der Waals surface area (Å²) in [6.07, 6.45) is 7.16.